The lowest BCUT2D eigenvalue weighted by molar-refractivity contribution is 0.399. The van der Waals surface area contributed by atoms with Crippen molar-refractivity contribution in [1.82, 2.24) is 14.8 Å². The molecule has 0 amide bonds. The highest BCUT2D eigenvalue weighted by Gasteiger charge is 2.21. The number of benzene rings is 1. The van der Waals surface area contributed by atoms with Crippen molar-refractivity contribution in [3.8, 4) is 11.4 Å². The number of hydrogen-bond donors (Lipinski definition) is 0. The highest BCUT2D eigenvalue weighted by molar-refractivity contribution is 9.10. The van der Waals surface area contributed by atoms with Gasteiger partial charge in [0.05, 0.1) is 10.0 Å². The Morgan fingerprint density at radius 1 is 1.29 bits per heavy atom. The van der Waals surface area contributed by atoms with Crippen molar-refractivity contribution in [2.24, 2.45) is 0 Å². The Morgan fingerprint density at radius 2 is 2.00 bits per heavy atom. The molecule has 0 bridgehead atoms. The molecule has 0 aliphatic carbocycles. The van der Waals surface area contributed by atoms with Crippen LogP contribution in [0.25, 0.3) is 11.4 Å². The molecular formula is C12H13BrFN3. The largest absolute Gasteiger partial charge is 0.308 e. The summed E-state index contributed by atoms with van der Waals surface area (Å²) < 4.78 is 16.3. The van der Waals surface area contributed by atoms with Crippen LogP contribution < -0.4 is 0 Å². The van der Waals surface area contributed by atoms with Gasteiger partial charge in [-0.2, -0.15) is 0 Å². The van der Waals surface area contributed by atoms with E-state index in [0.29, 0.717) is 15.9 Å². The summed E-state index contributed by atoms with van der Waals surface area (Å²) in [5.41, 5.74) is 0.264. The summed E-state index contributed by atoms with van der Waals surface area (Å²) in [4.78, 5) is 0. The summed E-state index contributed by atoms with van der Waals surface area (Å²) in [5.74, 6) is 0.224. The van der Waals surface area contributed by atoms with Gasteiger partial charge in [-0.3, -0.25) is 0 Å². The normalized spacial score (nSPS) is 11.8. The second kappa shape index (κ2) is 4.22. The molecule has 0 spiro atoms. The molecule has 0 radical (unpaired) electrons. The average molecular weight is 298 g/mol. The Bertz CT molecular complexity index is 543. The highest BCUT2D eigenvalue weighted by atomic mass is 79.9. The zero-order chi connectivity index (χ0) is 12.6. The molecule has 5 heteroatoms. The van der Waals surface area contributed by atoms with Gasteiger partial charge in [0.2, 0.25) is 0 Å². The predicted molar refractivity (Wildman–Crippen MR) is 68.1 cm³/mol. The molecule has 17 heavy (non-hydrogen) atoms. The lowest BCUT2D eigenvalue weighted by Gasteiger charge is -2.22. The van der Waals surface area contributed by atoms with Crippen molar-refractivity contribution in [3.05, 3.63) is 34.8 Å². The fraction of sp³-hybridized carbons (Fsp3) is 0.333. The van der Waals surface area contributed by atoms with E-state index in [1.807, 2.05) is 25.3 Å². The van der Waals surface area contributed by atoms with E-state index >= 15 is 0 Å². The molecular weight excluding hydrogens is 285 g/mol. The van der Waals surface area contributed by atoms with Crippen LogP contribution in [0.3, 0.4) is 0 Å². The second-order valence-electron chi connectivity index (χ2n) is 4.80. The van der Waals surface area contributed by atoms with Crippen LogP contribution in [0.15, 0.2) is 29.0 Å². The summed E-state index contributed by atoms with van der Waals surface area (Å²) in [5, 5.41) is 7.87. The van der Waals surface area contributed by atoms with Gasteiger partial charge in [-0.25, -0.2) is 4.39 Å². The van der Waals surface area contributed by atoms with E-state index < -0.39 is 0 Å². The van der Waals surface area contributed by atoms with Crippen molar-refractivity contribution in [1.29, 1.82) is 0 Å². The molecule has 2 rings (SSSR count). The quantitative estimate of drug-likeness (QED) is 0.805. The van der Waals surface area contributed by atoms with Gasteiger partial charge in [-0.15, -0.1) is 10.2 Å². The lowest BCUT2D eigenvalue weighted by atomic mass is 10.1. The van der Waals surface area contributed by atoms with Crippen LogP contribution in [-0.4, -0.2) is 14.8 Å². The van der Waals surface area contributed by atoms with Gasteiger partial charge in [0, 0.05) is 5.54 Å². The first-order valence-electron chi connectivity index (χ1n) is 5.26. The molecule has 0 saturated carbocycles. The third-order valence-electron chi connectivity index (χ3n) is 2.46. The SMILES string of the molecule is CC(C)(C)n1cnnc1-c1cccc(Br)c1F. The van der Waals surface area contributed by atoms with Crippen LogP contribution in [-0.2, 0) is 5.54 Å². The van der Waals surface area contributed by atoms with E-state index in [1.165, 1.54) is 0 Å². The van der Waals surface area contributed by atoms with Crippen LogP contribution in [0.4, 0.5) is 4.39 Å². The van der Waals surface area contributed by atoms with E-state index in [4.69, 9.17) is 0 Å². The molecule has 0 aliphatic rings. The standard InChI is InChI=1S/C12H13BrFN3/c1-12(2,3)17-7-15-16-11(17)8-5-4-6-9(13)10(8)14/h4-7H,1-3H3. The number of rotatable bonds is 1. The Balaban J connectivity index is 2.62. The molecule has 1 aromatic heterocycles. The van der Waals surface area contributed by atoms with Crippen LogP contribution in [0.1, 0.15) is 20.8 Å². The monoisotopic (exact) mass is 297 g/mol. The van der Waals surface area contributed by atoms with Crippen LogP contribution in [0.5, 0.6) is 0 Å². The van der Waals surface area contributed by atoms with Crippen molar-refractivity contribution in [3.63, 3.8) is 0 Å². The maximum absolute atomic E-state index is 14.0. The van der Waals surface area contributed by atoms with Crippen molar-refractivity contribution < 1.29 is 4.39 Å². The zero-order valence-electron chi connectivity index (χ0n) is 9.91. The van der Waals surface area contributed by atoms with Crippen molar-refractivity contribution in [2.45, 2.75) is 26.3 Å². The number of nitrogens with zero attached hydrogens (tertiary/aromatic N) is 3. The van der Waals surface area contributed by atoms with Gasteiger partial charge in [0.25, 0.3) is 0 Å². The molecule has 0 saturated heterocycles. The van der Waals surface area contributed by atoms with E-state index in [-0.39, 0.29) is 11.4 Å². The molecule has 0 unspecified atom stereocenters. The predicted octanol–water partition coefficient (Wildman–Crippen LogP) is 3.60. The minimum atomic E-state index is -0.314. The van der Waals surface area contributed by atoms with Gasteiger partial charge in [0.1, 0.15) is 12.1 Å². The number of halogens is 2. The smallest absolute Gasteiger partial charge is 0.167 e. The fourth-order valence-electron chi connectivity index (χ4n) is 1.59. The minimum absolute atomic E-state index is 0.187. The Hall–Kier alpha value is -1.23. The molecule has 0 fully saturated rings. The molecule has 0 N–H and O–H groups in total. The first-order valence-corrected chi connectivity index (χ1v) is 6.05. The first-order chi connectivity index (χ1) is 7.91. The Morgan fingerprint density at radius 3 is 2.65 bits per heavy atom. The first kappa shape index (κ1) is 12.2. The van der Waals surface area contributed by atoms with Crippen molar-refractivity contribution >= 4 is 15.9 Å². The summed E-state index contributed by atoms with van der Waals surface area (Å²) >= 11 is 3.17. The lowest BCUT2D eigenvalue weighted by Crippen LogP contribution is -2.22. The second-order valence-corrected chi connectivity index (χ2v) is 5.65. The summed E-state index contributed by atoms with van der Waals surface area (Å²) in [7, 11) is 0. The number of aromatic nitrogens is 3. The average Bonchev–Trinajstić information content (AvgIpc) is 2.70. The van der Waals surface area contributed by atoms with E-state index in [0.717, 1.165) is 0 Å². The minimum Gasteiger partial charge on any atom is -0.308 e. The van der Waals surface area contributed by atoms with Gasteiger partial charge < -0.3 is 4.57 Å². The Kier molecular flexibility index (Phi) is 3.03. The fourth-order valence-corrected chi connectivity index (χ4v) is 1.95. The van der Waals surface area contributed by atoms with Crippen LogP contribution >= 0.6 is 15.9 Å². The van der Waals surface area contributed by atoms with E-state index in [2.05, 4.69) is 26.1 Å². The van der Waals surface area contributed by atoms with Gasteiger partial charge >= 0.3 is 0 Å². The molecule has 2 aromatic rings. The van der Waals surface area contributed by atoms with Crippen LogP contribution in [0, 0.1) is 5.82 Å². The third-order valence-corrected chi connectivity index (χ3v) is 3.08. The molecule has 0 aliphatic heterocycles. The molecule has 3 nitrogen and oxygen atoms in total. The summed E-state index contributed by atoms with van der Waals surface area (Å²) in [6, 6.07) is 5.15. The molecule has 0 atom stereocenters. The highest BCUT2D eigenvalue weighted by Crippen LogP contribution is 2.29. The zero-order valence-corrected chi connectivity index (χ0v) is 11.5. The van der Waals surface area contributed by atoms with E-state index in [1.54, 1.807) is 24.5 Å². The summed E-state index contributed by atoms with van der Waals surface area (Å²) in [6.07, 6.45) is 1.62. The molecule has 90 valence electrons. The molecule has 1 heterocycles. The van der Waals surface area contributed by atoms with E-state index in [9.17, 15) is 4.39 Å². The molecule has 1 aromatic carbocycles. The Labute approximate surface area is 108 Å². The van der Waals surface area contributed by atoms with Gasteiger partial charge in [-0.1, -0.05) is 6.07 Å². The number of hydrogen-bond acceptors (Lipinski definition) is 2. The van der Waals surface area contributed by atoms with Gasteiger partial charge in [-0.05, 0) is 48.8 Å². The third kappa shape index (κ3) is 2.24. The van der Waals surface area contributed by atoms with Crippen molar-refractivity contribution in [2.75, 3.05) is 0 Å². The maximum atomic E-state index is 14.0. The topological polar surface area (TPSA) is 30.7 Å². The van der Waals surface area contributed by atoms with Gasteiger partial charge in [0.15, 0.2) is 5.82 Å². The maximum Gasteiger partial charge on any atom is 0.167 e. The summed E-state index contributed by atoms with van der Waals surface area (Å²) in [6.45, 7) is 6.07. The van der Waals surface area contributed by atoms with Crippen LogP contribution in [0.2, 0.25) is 0 Å².